The summed E-state index contributed by atoms with van der Waals surface area (Å²) in [5.41, 5.74) is 0.911. The molecule has 2 aliphatic rings. The zero-order valence-corrected chi connectivity index (χ0v) is 16.5. The molecule has 0 spiro atoms. The molecule has 1 aromatic heterocycles. The zero-order valence-electron chi connectivity index (χ0n) is 14.2. The molecule has 0 radical (unpaired) electrons. The minimum absolute atomic E-state index is 0.0399. The molecule has 1 aromatic carbocycles. The van der Waals surface area contributed by atoms with E-state index in [1.54, 1.807) is 6.07 Å². The highest BCUT2D eigenvalue weighted by molar-refractivity contribution is 7.89. The molecule has 2 fully saturated rings. The maximum Gasteiger partial charge on any atom is 0.241 e. The van der Waals surface area contributed by atoms with Gasteiger partial charge in [-0.2, -0.15) is 0 Å². The number of nitrogens with zero attached hydrogens (tertiary/aromatic N) is 3. The van der Waals surface area contributed by atoms with Crippen molar-refractivity contribution in [1.29, 1.82) is 0 Å². The van der Waals surface area contributed by atoms with E-state index in [-0.39, 0.29) is 20.9 Å². The fraction of sp³-hybridized carbons (Fsp3) is 0.500. The SMILES string of the molecule is CC1(NS(=O)(=O)c2cc(N3CCNCC3)c3nc(Cl)nc(Cl)c3c2)CC1. The van der Waals surface area contributed by atoms with Crippen LogP contribution in [0.25, 0.3) is 10.9 Å². The van der Waals surface area contributed by atoms with Gasteiger partial charge in [0.15, 0.2) is 0 Å². The summed E-state index contributed by atoms with van der Waals surface area (Å²) in [6, 6.07) is 3.18. The van der Waals surface area contributed by atoms with Crippen LogP contribution in [0.1, 0.15) is 19.8 Å². The van der Waals surface area contributed by atoms with Gasteiger partial charge in [-0.3, -0.25) is 0 Å². The fourth-order valence-corrected chi connectivity index (χ4v) is 5.05. The maximum absolute atomic E-state index is 12.9. The number of sulfonamides is 1. The molecule has 2 aromatic rings. The largest absolute Gasteiger partial charge is 0.367 e. The van der Waals surface area contributed by atoms with Crippen LogP contribution in [0.5, 0.6) is 0 Å². The lowest BCUT2D eigenvalue weighted by Crippen LogP contribution is -2.43. The summed E-state index contributed by atoms with van der Waals surface area (Å²) in [4.78, 5) is 10.5. The molecule has 2 heterocycles. The second-order valence-corrected chi connectivity index (χ2v) is 9.40. The Bertz CT molecular complexity index is 972. The Labute approximate surface area is 162 Å². The average Bonchev–Trinajstić information content (AvgIpc) is 3.30. The van der Waals surface area contributed by atoms with Gasteiger partial charge in [-0.25, -0.2) is 23.1 Å². The van der Waals surface area contributed by atoms with Gasteiger partial charge >= 0.3 is 0 Å². The van der Waals surface area contributed by atoms with Gasteiger partial charge in [-0.15, -0.1) is 0 Å². The number of aromatic nitrogens is 2. The van der Waals surface area contributed by atoms with Crippen LogP contribution in [0.15, 0.2) is 17.0 Å². The molecular formula is C16H19Cl2N5O2S. The van der Waals surface area contributed by atoms with E-state index in [0.717, 1.165) is 39.0 Å². The molecular weight excluding hydrogens is 397 g/mol. The first kappa shape index (κ1) is 18.2. The van der Waals surface area contributed by atoms with Crippen molar-refractivity contribution in [3.63, 3.8) is 0 Å². The number of fused-ring (bicyclic) bond motifs is 1. The second-order valence-electron chi connectivity index (χ2n) is 7.03. The zero-order chi connectivity index (χ0) is 18.5. The first-order chi connectivity index (χ1) is 12.3. The molecule has 0 unspecified atom stereocenters. The van der Waals surface area contributed by atoms with E-state index < -0.39 is 10.0 Å². The van der Waals surface area contributed by atoms with Crippen molar-refractivity contribution in [2.75, 3.05) is 31.1 Å². The third-order valence-corrected chi connectivity index (χ3v) is 6.90. The Kier molecular flexibility index (Phi) is 4.51. The second kappa shape index (κ2) is 6.45. The standard InChI is InChI=1S/C16H19Cl2N5O2S/c1-16(2-3-16)22-26(24,25)10-8-11-13(20-15(18)21-14(11)17)12(9-10)23-6-4-19-5-7-23/h8-9,19,22H,2-7H2,1H3. The normalized spacial score (nSPS) is 19.7. The van der Waals surface area contributed by atoms with Crippen LogP contribution >= 0.6 is 23.2 Å². The topological polar surface area (TPSA) is 87.2 Å². The first-order valence-corrected chi connectivity index (χ1v) is 10.7. The molecule has 0 amide bonds. The molecule has 4 rings (SSSR count). The van der Waals surface area contributed by atoms with Crippen molar-refractivity contribution in [2.45, 2.75) is 30.2 Å². The van der Waals surface area contributed by atoms with Gasteiger partial charge in [0.2, 0.25) is 15.3 Å². The molecule has 1 saturated heterocycles. The summed E-state index contributed by atoms with van der Waals surface area (Å²) >= 11 is 12.3. The predicted octanol–water partition coefficient (Wildman–Crippen LogP) is 2.18. The smallest absolute Gasteiger partial charge is 0.241 e. The van der Waals surface area contributed by atoms with E-state index in [0.29, 0.717) is 16.6 Å². The molecule has 1 aliphatic heterocycles. The highest BCUT2D eigenvalue weighted by atomic mass is 35.5. The van der Waals surface area contributed by atoms with Crippen LogP contribution in [0, 0.1) is 0 Å². The number of nitrogens with one attached hydrogen (secondary N) is 2. The Morgan fingerprint density at radius 3 is 2.54 bits per heavy atom. The Morgan fingerprint density at radius 1 is 1.19 bits per heavy atom. The Hall–Kier alpha value is -1.19. The number of hydrogen-bond donors (Lipinski definition) is 2. The van der Waals surface area contributed by atoms with Crippen molar-refractivity contribution in [3.05, 3.63) is 22.6 Å². The molecule has 0 bridgehead atoms. The van der Waals surface area contributed by atoms with Gasteiger partial charge in [0.25, 0.3) is 0 Å². The van der Waals surface area contributed by atoms with Gasteiger partial charge in [0, 0.05) is 37.1 Å². The number of piperazine rings is 1. The van der Waals surface area contributed by atoms with Crippen molar-refractivity contribution >= 4 is 49.8 Å². The molecule has 2 N–H and O–H groups in total. The molecule has 26 heavy (non-hydrogen) atoms. The third-order valence-electron chi connectivity index (χ3n) is 4.83. The number of benzene rings is 1. The number of anilines is 1. The molecule has 140 valence electrons. The number of hydrogen-bond acceptors (Lipinski definition) is 6. The van der Waals surface area contributed by atoms with E-state index in [1.165, 1.54) is 6.07 Å². The van der Waals surface area contributed by atoms with Crippen LogP contribution in [0.3, 0.4) is 0 Å². The quantitative estimate of drug-likeness (QED) is 0.587. The minimum Gasteiger partial charge on any atom is -0.367 e. The predicted molar refractivity (Wildman–Crippen MR) is 103 cm³/mol. The van der Waals surface area contributed by atoms with Gasteiger partial charge in [-0.1, -0.05) is 11.6 Å². The summed E-state index contributed by atoms with van der Waals surface area (Å²) in [6.07, 6.45) is 1.67. The monoisotopic (exact) mass is 415 g/mol. The highest BCUT2D eigenvalue weighted by Gasteiger charge is 2.41. The lowest BCUT2D eigenvalue weighted by molar-refractivity contribution is 0.558. The van der Waals surface area contributed by atoms with Crippen molar-refractivity contribution in [1.82, 2.24) is 20.0 Å². The Balaban J connectivity index is 1.89. The summed E-state index contributed by atoms with van der Waals surface area (Å²) in [5.74, 6) is 0. The van der Waals surface area contributed by atoms with Crippen LogP contribution in [-0.4, -0.2) is 50.1 Å². The van der Waals surface area contributed by atoms with Crippen molar-refractivity contribution in [2.24, 2.45) is 0 Å². The van der Waals surface area contributed by atoms with Crippen LogP contribution in [0.2, 0.25) is 10.4 Å². The van der Waals surface area contributed by atoms with E-state index >= 15 is 0 Å². The maximum atomic E-state index is 12.9. The number of halogens is 2. The summed E-state index contributed by atoms with van der Waals surface area (Å²) in [6.45, 7) is 4.99. The molecule has 1 saturated carbocycles. The van der Waals surface area contributed by atoms with Crippen LogP contribution < -0.4 is 14.9 Å². The van der Waals surface area contributed by atoms with Crippen LogP contribution in [0.4, 0.5) is 5.69 Å². The van der Waals surface area contributed by atoms with E-state index in [1.807, 2.05) is 6.92 Å². The summed E-state index contributed by atoms with van der Waals surface area (Å²) in [5, 5.41) is 3.95. The van der Waals surface area contributed by atoms with Gasteiger partial charge in [-0.05, 0) is 43.5 Å². The molecule has 0 atom stereocenters. The van der Waals surface area contributed by atoms with E-state index in [2.05, 4.69) is 24.9 Å². The van der Waals surface area contributed by atoms with Gasteiger partial charge in [0.05, 0.1) is 10.6 Å². The third kappa shape index (κ3) is 3.48. The molecule has 10 heteroatoms. The lowest BCUT2D eigenvalue weighted by Gasteiger charge is -2.30. The fourth-order valence-electron chi connectivity index (χ4n) is 3.10. The molecule has 7 nitrogen and oxygen atoms in total. The average molecular weight is 416 g/mol. The minimum atomic E-state index is -3.67. The van der Waals surface area contributed by atoms with Gasteiger partial charge in [0.1, 0.15) is 10.7 Å². The van der Waals surface area contributed by atoms with Crippen molar-refractivity contribution < 1.29 is 8.42 Å². The number of rotatable bonds is 4. The summed E-state index contributed by atoms with van der Waals surface area (Å²) in [7, 11) is -3.67. The molecule has 1 aliphatic carbocycles. The van der Waals surface area contributed by atoms with Crippen molar-refractivity contribution in [3.8, 4) is 0 Å². The summed E-state index contributed by atoms with van der Waals surface area (Å²) < 4.78 is 28.6. The van der Waals surface area contributed by atoms with E-state index in [9.17, 15) is 8.42 Å². The lowest BCUT2D eigenvalue weighted by atomic mass is 10.2. The van der Waals surface area contributed by atoms with E-state index in [4.69, 9.17) is 23.2 Å². The van der Waals surface area contributed by atoms with Crippen LogP contribution in [-0.2, 0) is 10.0 Å². The first-order valence-electron chi connectivity index (χ1n) is 8.44. The Morgan fingerprint density at radius 2 is 1.88 bits per heavy atom. The highest BCUT2D eigenvalue weighted by Crippen LogP contribution is 2.38. The van der Waals surface area contributed by atoms with Gasteiger partial charge < -0.3 is 10.2 Å².